The van der Waals surface area contributed by atoms with Crippen molar-refractivity contribution in [2.24, 2.45) is 5.92 Å². The minimum Gasteiger partial charge on any atom is -0.480 e. The SMILES string of the molecule is CC(C)C(C(=O)O)N(c1ccc(-c2ccc(CC(=O)NCc3ccccc3)cc2)cc1)S(=O)O. The van der Waals surface area contributed by atoms with Gasteiger partial charge in [0, 0.05) is 6.54 Å². The van der Waals surface area contributed by atoms with E-state index in [2.05, 4.69) is 5.32 Å². The average Bonchev–Trinajstić information content (AvgIpc) is 2.82. The Morgan fingerprint density at radius 3 is 1.94 bits per heavy atom. The summed E-state index contributed by atoms with van der Waals surface area (Å²) in [6.07, 6.45) is 0.273. The van der Waals surface area contributed by atoms with Crippen molar-refractivity contribution in [3.05, 3.63) is 90.0 Å². The number of carbonyl (C=O) groups excluding carboxylic acids is 1. The third-order valence-corrected chi connectivity index (χ3v) is 6.19. The molecule has 3 N–H and O–H groups in total. The molecule has 0 saturated heterocycles. The summed E-state index contributed by atoms with van der Waals surface area (Å²) in [5.41, 5.74) is 4.05. The number of amides is 1. The molecule has 0 bridgehead atoms. The van der Waals surface area contributed by atoms with E-state index in [1.807, 2.05) is 54.6 Å². The first kappa shape index (κ1) is 25.1. The Morgan fingerprint density at radius 1 is 0.882 bits per heavy atom. The van der Waals surface area contributed by atoms with Gasteiger partial charge >= 0.3 is 5.97 Å². The van der Waals surface area contributed by atoms with Crippen LogP contribution in [0.2, 0.25) is 0 Å². The number of carboxylic acids is 1. The van der Waals surface area contributed by atoms with Crippen molar-refractivity contribution in [2.75, 3.05) is 4.31 Å². The van der Waals surface area contributed by atoms with Gasteiger partial charge in [-0.05, 0) is 40.3 Å². The zero-order valence-corrected chi connectivity index (χ0v) is 19.9. The molecule has 178 valence electrons. The van der Waals surface area contributed by atoms with Gasteiger partial charge in [0.05, 0.1) is 12.1 Å². The fourth-order valence-corrected chi connectivity index (χ4v) is 4.49. The van der Waals surface area contributed by atoms with Crippen molar-refractivity contribution in [3.63, 3.8) is 0 Å². The van der Waals surface area contributed by atoms with E-state index in [-0.39, 0.29) is 18.2 Å². The van der Waals surface area contributed by atoms with Gasteiger partial charge in [0.25, 0.3) is 11.3 Å². The summed E-state index contributed by atoms with van der Waals surface area (Å²) in [5.74, 6) is -1.59. The van der Waals surface area contributed by atoms with Gasteiger partial charge in [0.2, 0.25) is 5.91 Å². The van der Waals surface area contributed by atoms with E-state index in [1.165, 1.54) is 0 Å². The van der Waals surface area contributed by atoms with E-state index in [0.717, 1.165) is 26.6 Å². The molecule has 0 spiro atoms. The maximum absolute atomic E-state index is 12.2. The van der Waals surface area contributed by atoms with Crippen LogP contribution >= 0.6 is 0 Å². The lowest BCUT2D eigenvalue weighted by molar-refractivity contribution is -0.139. The maximum Gasteiger partial charge on any atom is 0.327 e. The first-order chi connectivity index (χ1) is 16.3. The average molecular weight is 481 g/mol. The molecule has 7 nitrogen and oxygen atoms in total. The first-order valence-electron chi connectivity index (χ1n) is 10.9. The van der Waals surface area contributed by atoms with Crippen LogP contribution in [0.1, 0.15) is 25.0 Å². The van der Waals surface area contributed by atoms with E-state index in [0.29, 0.717) is 12.2 Å². The minimum atomic E-state index is -2.49. The van der Waals surface area contributed by atoms with Gasteiger partial charge in [-0.3, -0.25) is 13.7 Å². The van der Waals surface area contributed by atoms with Gasteiger partial charge in [-0.15, -0.1) is 0 Å². The molecule has 3 aromatic carbocycles. The monoisotopic (exact) mass is 480 g/mol. The molecule has 0 aliphatic carbocycles. The molecule has 0 aromatic heterocycles. The van der Waals surface area contributed by atoms with Crippen LogP contribution < -0.4 is 9.62 Å². The van der Waals surface area contributed by atoms with Crippen LogP contribution in [0.4, 0.5) is 5.69 Å². The molecule has 0 fully saturated rings. The second-order valence-corrected chi connectivity index (χ2v) is 9.12. The number of carbonyl (C=O) groups is 2. The molecule has 8 heteroatoms. The lowest BCUT2D eigenvalue weighted by Crippen LogP contribution is -2.45. The second-order valence-electron chi connectivity index (χ2n) is 8.27. The van der Waals surface area contributed by atoms with Gasteiger partial charge < -0.3 is 10.4 Å². The number of hydrogen-bond donors (Lipinski definition) is 3. The van der Waals surface area contributed by atoms with E-state index < -0.39 is 23.3 Å². The number of rotatable bonds is 10. The molecule has 2 atom stereocenters. The fraction of sp³-hybridized carbons (Fsp3) is 0.231. The Balaban J connectivity index is 1.67. The molecule has 3 rings (SSSR count). The Labute approximate surface area is 201 Å². The number of nitrogens with zero attached hydrogens (tertiary/aromatic N) is 1. The largest absolute Gasteiger partial charge is 0.480 e. The molecule has 3 aromatic rings. The molecular weight excluding hydrogens is 452 g/mol. The number of nitrogens with one attached hydrogen (secondary N) is 1. The molecule has 0 heterocycles. The highest BCUT2D eigenvalue weighted by Crippen LogP contribution is 2.27. The van der Waals surface area contributed by atoms with Crippen molar-refractivity contribution in [3.8, 4) is 11.1 Å². The zero-order valence-electron chi connectivity index (χ0n) is 19.0. The predicted octanol–water partition coefficient (Wildman–Crippen LogP) is 4.26. The predicted molar refractivity (Wildman–Crippen MR) is 133 cm³/mol. The molecule has 0 saturated carbocycles. The summed E-state index contributed by atoms with van der Waals surface area (Å²) in [7, 11) is 0. The highest BCUT2D eigenvalue weighted by atomic mass is 32.2. The summed E-state index contributed by atoms with van der Waals surface area (Å²) >= 11 is -2.49. The molecule has 0 radical (unpaired) electrons. The van der Waals surface area contributed by atoms with Gasteiger partial charge in [-0.25, -0.2) is 9.00 Å². The van der Waals surface area contributed by atoms with Crippen molar-refractivity contribution in [1.82, 2.24) is 5.32 Å². The van der Waals surface area contributed by atoms with Crippen molar-refractivity contribution < 1.29 is 23.5 Å². The highest BCUT2D eigenvalue weighted by molar-refractivity contribution is 7.80. The van der Waals surface area contributed by atoms with E-state index in [9.17, 15) is 23.5 Å². The number of hydrogen-bond acceptors (Lipinski definition) is 3. The zero-order chi connectivity index (χ0) is 24.7. The fourth-order valence-electron chi connectivity index (χ4n) is 3.66. The van der Waals surface area contributed by atoms with Crippen LogP contribution in [0.5, 0.6) is 0 Å². The molecular formula is C26H28N2O5S. The van der Waals surface area contributed by atoms with Gasteiger partial charge in [-0.1, -0.05) is 80.6 Å². The number of carboxylic acid groups (broad SMARTS) is 1. The molecule has 2 unspecified atom stereocenters. The third-order valence-electron chi connectivity index (χ3n) is 5.41. The quantitative estimate of drug-likeness (QED) is 0.376. The molecule has 1 amide bonds. The normalized spacial score (nSPS) is 12.7. The highest BCUT2D eigenvalue weighted by Gasteiger charge is 2.32. The van der Waals surface area contributed by atoms with Crippen LogP contribution in [0.3, 0.4) is 0 Å². The Kier molecular flexibility index (Phi) is 8.56. The minimum absolute atomic E-state index is 0.0591. The van der Waals surface area contributed by atoms with E-state index in [4.69, 9.17) is 0 Å². The summed E-state index contributed by atoms with van der Waals surface area (Å²) < 4.78 is 22.6. The number of aliphatic carboxylic acids is 1. The van der Waals surface area contributed by atoms with Gasteiger partial charge in [0.1, 0.15) is 6.04 Å². The molecule has 0 aliphatic heterocycles. The number of anilines is 1. The molecule has 34 heavy (non-hydrogen) atoms. The van der Waals surface area contributed by atoms with Crippen molar-refractivity contribution in [1.29, 1.82) is 0 Å². The van der Waals surface area contributed by atoms with Crippen LogP contribution in [0.15, 0.2) is 78.9 Å². The maximum atomic E-state index is 12.2. The summed E-state index contributed by atoms with van der Waals surface area (Å²) in [4.78, 5) is 23.9. The summed E-state index contributed by atoms with van der Waals surface area (Å²) in [5, 5.41) is 12.4. The van der Waals surface area contributed by atoms with Crippen LogP contribution in [0.25, 0.3) is 11.1 Å². The van der Waals surface area contributed by atoms with Crippen molar-refractivity contribution >= 4 is 28.8 Å². The first-order valence-corrected chi connectivity index (χ1v) is 12.0. The van der Waals surface area contributed by atoms with Crippen molar-refractivity contribution in [2.45, 2.75) is 32.9 Å². The summed E-state index contributed by atoms with van der Waals surface area (Å²) in [6, 6.07) is 23.0. The van der Waals surface area contributed by atoms with Gasteiger partial charge in [0.15, 0.2) is 0 Å². The molecule has 0 aliphatic rings. The summed E-state index contributed by atoms with van der Waals surface area (Å²) in [6.45, 7) is 3.87. The van der Waals surface area contributed by atoms with Crippen LogP contribution in [0, 0.1) is 5.92 Å². The van der Waals surface area contributed by atoms with E-state index in [1.54, 1.807) is 38.1 Å². The lowest BCUT2D eigenvalue weighted by atomic mass is 10.0. The Bertz CT molecular complexity index is 1130. The Hall–Kier alpha value is -3.49. The third kappa shape index (κ3) is 6.52. The lowest BCUT2D eigenvalue weighted by Gasteiger charge is -2.29. The standard InChI is InChI=1S/C26H28N2O5S/c1-18(2)25(26(30)31)28(34(32)33)23-14-12-22(13-15-23)21-10-8-19(9-11-21)16-24(29)27-17-20-6-4-3-5-7-20/h3-15,18,25H,16-17H2,1-2H3,(H,27,29)(H,30,31)(H,32,33). The Morgan fingerprint density at radius 2 is 1.44 bits per heavy atom. The van der Waals surface area contributed by atoms with Crippen LogP contribution in [-0.4, -0.2) is 31.8 Å². The van der Waals surface area contributed by atoms with E-state index >= 15 is 0 Å². The van der Waals surface area contributed by atoms with Gasteiger partial charge in [-0.2, -0.15) is 0 Å². The topological polar surface area (TPSA) is 107 Å². The second kappa shape index (κ2) is 11.6. The smallest absolute Gasteiger partial charge is 0.327 e. The number of benzene rings is 3. The van der Waals surface area contributed by atoms with Crippen LogP contribution in [-0.2, 0) is 33.8 Å².